The van der Waals surface area contributed by atoms with E-state index in [2.05, 4.69) is 19.9 Å². The first-order valence-corrected chi connectivity index (χ1v) is 7.99. The van der Waals surface area contributed by atoms with Crippen LogP contribution >= 0.6 is 0 Å². The molecule has 0 radical (unpaired) electrons. The number of hydrogen-bond donors (Lipinski definition) is 1. The van der Waals surface area contributed by atoms with Crippen LogP contribution in [0.5, 0.6) is 0 Å². The molecule has 23 heavy (non-hydrogen) atoms. The number of hydrogen-bond acceptors (Lipinski definition) is 6. The summed E-state index contributed by atoms with van der Waals surface area (Å²) in [6.07, 6.45) is 3.81. The summed E-state index contributed by atoms with van der Waals surface area (Å²) in [6, 6.07) is 5.92. The molecule has 0 amide bonds. The Bertz CT molecular complexity index is 656. The molecule has 0 unspecified atom stereocenters. The Hall–Kier alpha value is -2.21. The molecule has 0 saturated carbocycles. The molecule has 3 heterocycles. The van der Waals surface area contributed by atoms with Crippen LogP contribution in [0.4, 0.5) is 11.8 Å². The minimum Gasteiger partial charge on any atom is -0.384 e. The minimum atomic E-state index is 0.183. The van der Waals surface area contributed by atoms with Gasteiger partial charge in [0, 0.05) is 30.7 Å². The Morgan fingerprint density at radius 3 is 2.78 bits per heavy atom. The fourth-order valence-electron chi connectivity index (χ4n) is 2.90. The van der Waals surface area contributed by atoms with Gasteiger partial charge in [-0.05, 0) is 50.5 Å². The normalized spacial score (nSPS) is 18.2. The van der Waals surface area contributed by atoms with Crippen molar-refractivity contribution in [1.29, 1.82) is 0 Å². The second-order valence-corrected chi connectivity index (χ2v) is 6.02. The summed E-state index contributed by atoms with van der Waals surface area (Å²) in [4.78, 5) is 15.4. The Morgan fingerprint density at radius 2 is 2.04 bits per heavy atom. The summed E-state index contributed by atoms with van der Waals surface area (Å²) >= 11 is 0. The van der Waals surface area contributed by atoms with Crippen LogP contribution in [0.1, 0.15) is 23.4 Å². The van der Waals surface area contributed by atoms with Gasteiger partial charge in [-0.25, -0.2) is 15.0 Å². The predicted octanol–water partition coefficient (Wildman–Crippen LogP) is 1.91. The minimum absolute atomic E-state index is 0.183. The number of ether oxygens (including phenoxy) is 1. The second kappa shape index (κ2) is 6.91. The molecule has 0 aliphatic carbocycles. The fraction of sp³-hybridized carbons (Fsp3) is 0.471. The van der Waals surface area contributed by atoms with E-state index in [1.54, 1.807) is 6.20 Å². The molecule has 1 fully saturated rings. The highest BCUT2D eigenvalue weighted by molar-refractivity contribution is 5.33. The van der Waals surface area contributed by atoms with Crippen LogP contribution in [0.3, 0.4) is 0 Å². The van der Waals surface area contributed by atoms with Gasteiger partial charge in [-0.3, -0.25) is 0 Å². The van der Waals surface area contributed by atoms with Gasteiger partial charge in [0.25, 0.3) is 0 Å². The molecule has 1 saturated heterocycles. The lowest BCUT2D eigenvalue weighted by molar-refractivity contribution is 0.0349. The van der Waals surface area contributed by atoms with E-state index in [0.717, 1.165) is 43.3 Å². The standard InChI is InChI=1S/C17H23N5O/c1-12-9-13(2)21-17(20-12)22-7-8-23-15(11-22)4-3-14-5-6-19-16(18)10-14/h5-6,9-10,15H,3-4,7-8,11H2,1-2H3,(H2,18,19)/t15-/m0/s1. The maximum atomic E-state index is 5.90. The van der Waals surface area contributed by atoms with Crippen molar-refractivity contribution < 1.29 is 4.74 Å². The Labute approximate surface area is 136 Å². The molecule has 6 nitrogen and oxygen atoms in total. The third-order valence-corrected chi connectivity index (χ3v) is 3.99. The van der Waals surface area contributed by atoms with Crippen LogP contribution in [0.15, 0.2) is 24.4 Å². The number of nitrogens with zero attached hydrogens (tertiary/aromatic N) is 4. The van der Waals surface area contributed by atoms with E-state index >= 15 is 0 Å². The van der Waals surface area contributed by atoms with Crippen molar-refractivity contribution in [3.63, 3.8) is 0 Å². The molecule has 2 aromatic heterocycles. The molecular weight excluding hydrogens is 290 g/mol. The third kappa shape index (κ3) is 4.16. The third-order valence-electron chi connectivity index (χ3n) is 3.99. The fourth-order valence-corrected chi connectivity index (χ4v) is 2.90. The van der Waals surface area contributed by atoms with Gasteiger partial charge >= 0.3 is 0 Å². The number of aromatic nitrogens is 3. The number of aryl methyl sites for hydroxylation is 3. The number of morpholine rings is 1. The van der Waals surface area contributed by atoms with Gasteiger partial charge in [-0.1, -0.05) is 0 Å². The SMILES string of the molecule is Cc1cc(C)nc(N2CCO[C@@H](CCc3ccnc(N)c3)C2)n1. The van der Waals surface area contributed by atoms with Gasteiger partial charge in [-0.2, -0.15) is 0 Å². The smallest absolute Gasteiger partial charge is 0.225 e. The lowest BCUT2D eigenvalue weighted by Crippen LogP contribution is -2.43. The van der Waals surface area contributed by atoms with Crippen molar-refractivity contribution >= 4 is 11.8 Å². The van der Waals surface area contributed by atoms with E-state index in [1.165, 1.54) is 5.56 Å². The summed E-state index contributed by atoms with van der Waals surface area (Å²) < 4.78 is 5.90. The average Bonchev–Trinajstić information content (AvgIpc) is 2.52. The number of nitrogen functional groups attached to an aromatic ring is 1. The summed E-state index contributed by atoms with van der Waals surface area (Å²) in [5.41, 5.74) is 8.93. The van der Waals surface area contributed by atoms with E-state index in [0.29, 0.717) is 12.4 Å². The van der Waals surface area contributed by atoms with E-state index < -0.39 is 0 Å². The predicted molar refractivity (Wildman–Crippen MR) is 90.4 cm³/mol. The van der Waals surface area contributed by atoms with Crippen LogP contribution in [0.2, 0.25) is 0 Å². The van der Waals surface area contributed by atoms with Crippen molar-refractivity contribution in [2.75, 3.05) is 30.3 Å². The molecule has 6 heteroatoms. The van der Waals surface area contributed by atoms with Crippen molar-refractivity contribution in [3.05, 3.63) is 41.3 Å². The Balaban J connectivity index is 1.61. The first-order valence-electron chi connectivity index (χ1n) is 7.99. The van der Waals surface area contributed by atoms with Crippen molar-refractivity contribution in [2.45, 2.75) is 32.8 Å². The van der Waals surface area contributed by atoms with Crippen LogP contribution in [-0.4, -0.2) is 40.8 Å². The number of anilines is 2. The molecule has 2 aromatic rings. The average molecular weight is 313 g/mol. The highest BCUT2D eigenvalue weighted by Gasteiger charge is 2.22. The molecule has 3 rings (SSSR count). The molecule has 122 valence electrons. The number of pyridine rings is 1. The zero-order valence-corrected chi connectivity index (χ0v) is 13.7. The van der Waals surface area contributed by atoms with E-state index in [1.807, 2.05) is 32.0 Å². The largest absolute Gasteiger partial charge is 0.384 e. The van der Waals surface area contributed by atoms with Gasteiger partial charge < -0.3 is 15.4 Å². The molecule has 0 spiro atoms. The highest BCUT2D eigenvalue weighted by Crippen LogP contribution is 2.17. The quantitative estimate of drug-likeness (QED) is 0.929. The first-order chi connectivity index (χ1) is 11.1. The molecule has 1 aliphatic heterocycles. The molecule has 0 aromatic carbocycles. The Kier molecular flexibility index (Phi) is 4.71. The van der Waals surface area contributed by atoms with Crippen molar-refractivity contribution in [1.82, 2.24) is 15.0 Å². The summed E-state index contributed by atoms with van der Waals surface area (Å²) in [5.74, 6) is 1.38. The summed E-state index contributed by atoms with van der Waals surface area (Å²) in [5, 5.41) is 0. The van der Waals surface area contributed by atoms with E-state index in [9.17, 15) is 0 Å². The molecule has 2 N–H and O–H groups in total. The lowest BCUT2D eigenvalue weighted by atomic mass is 10.1. The van der Waals surface area contributed by atoms with Crippen molar-refractivity contribution in [2.24, 2.45) is 0 Å². The first kappa shape index (κ1) is 15.7. The molecule has 0 bridgehead atoms. The maximum Gasteiger partial charge on any atom is 0.225 e. The second-order valence-electron chi connectivity index (χ2n) is 6.02. The molecule has 1 atom stereocenters. The van der Waals surface area contributed by atoms with Gasteiger partial charge in [0.1, 0.15) is 5.82 Å². The van der Waals surface area contributed by atoms with E-state index in [4.69, 9.17) is 10.5 Å². The highest BCUT2D eigenvalue weighted by atomic mass is 16.5. The Morgan fingerprint density at radius 1 is 1.26 bits per heavy atom. The van der Waals surface area contributed by atoms with Crippen LogP contribution in [-0.2, 0) is 11.2 Å². The number of rotatable bonds is 4. The lowest BCUT2D eigenvalue weighted by Gasteiger charge is -2.33. The molecular formula is C17H23N5O. The van der Waals surface area contributed by atoms with Gasteiger partial charge in [0.2, 0.25) is 5.95 Å². The monoisotopic (exact) mass is 313 g/mol. The zero-order valence-electron chi connectivity index (χ0n) is 13.7. The van der Waals surface area contributed by atoms with Crippen molar-refractivity contribution in [3.8, 4) is 0 Å². The van der Waals surface area contributed by atoms with Crippen LogP contribution in [0, 0.1) is 13.8 Å². The summed E-state index contributed by atoms with van der Waals surface area (Å²) in [6.45, 7) is 6.37. The maximum absolute atomic E-state index is 5.90. The van der Waals surface area contributed by atoms with Crippen LogP contribution < -0.4 is 10.6 Å². The zero-order chi connectivity index (χ0) is 16.2. The van der Waals surface area contributed by atoms with Gasteiger partial charge in [0.15, 0.2) is 0 Å². The topological polar surface area (TPSA) is 77.2 Å². The number of nitrogens with two attached hydrogens (primary N) is 1. The molecule has 1 aliphatic rings. The van der Waals surface area contributed by atoms with Gasteiger partial charge in [0.05, 0.1) is 12.7 Å². The summed E-state index contributed by atoms with van der Waals surface area (Å²) in [7, 11) is 0. The van der Waals surface area contributed by atoms with Crippen LogP contribution in [0.25, 0.3) is 0 Å². The van der Waals surface area contributed by atoms with E-state index in [-0.39, 0.29) is 6.10 Å². The van der Waals surface area contributed by atoms with Gasteiger partial charge in [-0.15, -0.1) is 0 Å².